The van der Waals surface area contributed by atoms with Gasteiger partial charge in [0, 0.05) is 18.4 Å². The SMILES string of the molecule is CCOC1CC(NC(=O)C(C)c2ccc(OC)cc2)(C(=O)O)C1(C)C. The van der Waals surface area contributed by atoms with E-state index >= 15 is 0 Å². The van der Waals surface area contributed by atoms with E-state index < -0.39 is 22.8 Å². The molecule has 3 unspecified atom stereocenters. The van der Waals surface area contributed by atoms with E-state index in [9.17, 15) is 14.7 Å². The summed E-state index contributed by atoms with van der Waals surface area (Å²) in [7, 11) is 1.58. The predicted octanol–water partition coefficient (Wildman–Crippen LogP) is 2.57. The number of ether oxygens (including phenoxy) is 2. The Morgan fingerprint density at radius 3 is 2.36 bits per heavy atom. The molecule has 2 N–H and O–H groups in total. The number of carbonyl (C=O) groups is 2. The second-order valence-electron chi connectivity index (χ2n) is 7.06. The van der Waals surface area contributed by atoms with Crippen molar-refractivity contribution in [1.29, 1.82) is 0 Å². The van der Waals surface area contributed by atoms with Gasteiger partial charge < -0.3 is 19.9 Å². The Balaban J connectivity index is 2.17. The number of nitrogens with one attached hydrogen (secondary N) is 1. The summed E-state index contributed by atoms with van der Waals surface area (Å²) >= 11 is 0. The Hall–Kier alpha value is -2.08. The molecule has 0 aromatic heterocycles. The van der Waals surface area contributed by atoms with Crippen LogP contribution in [0.4, 0.5) is 0 Å². The number of aliphatic carboxylic acids is 1. The van der Waals surface area contributed by atoms with E-state index in [1.54, 1.807) is 26.2 Å². The fourth-order valence-electron chi connectivity index (χ4n) is 3.40. The third-order valence-electron chi connectivity index (χ3n) is 5.48. The standard InChI is InChI=1S/C19H27NO5/c1-6-25-15-11-19(17(22)23,18(15,3)4)20-16(21)12(2)13-7-9-14(24-5)10-8-13/h7-10,12,15H,6,11H2,1-5H3,(H,20,21)(H,22,23). The van der Waals surface area contributed by atoms with E-state index in [4.69, 9.17) is 9.47 Å². The van der Waals surface area contributed by atoms with Crippen molar-refractivity contribution < 1.29 is 24.2 Å². The third-order valence-corrected chi connectivity index (χ3v) is 5.48. The normalized spacial score (nSPS) is 25.6. The third kappa shape index (κ3) is 3.23. The van der Waals surface area contributed by atoms with E-state index in [1.165, 1.54) is 0 Å². The molecule has 0 bridgehead atoms. The number of hydrogen-bond acceptors (Lipinski definition) is 4. The summed E-state index contributed by atoms with van der Waals surface area (Å²) in [4.78, 5) is 24.7. The highest BCUT2D eigenvalue weighted by molar-refractivity contribution is 5.92. The molecule has 1 aliphatic carbocycles. The van der Waals surface area contributed by atoms with Gasteiger partial charge in [0.2, 0.25) is 5.91 Å². The van der Waals surface area contributed by atoms with Crippen molar-refractivity contribution in [1.82, 2.24) is 5.32 Å². The van der Waals surface area contributed by atoms with Gasteiger partial charge in [-0.25, -0.2) is 4.79 Å². The number of carboxylic acid groups (broad SMARTS) is 1. The summed E-state index contributed by atoms with van der Waals surface area (Å²) in [6, 6.07) is 7.19. The lowest BCUT2D eigenvalue weighted by Crippen LogP contribution is -2.76. The number of methoxy groups -OCH3 is 1. The molecular formula is C19H27NO5. The predicted molar refractivity (Wildman–Crippen MR) is 93.7 cm³/mol. The molecule has 1 fully saturated rings. The van der Waals surface area contributed by atoms with Crippen LogP contribution in [0.3, 0.4) is 0 Å². The molecule has 0 spiro atoms. The van der Waals surface area contributed by atoms with Gasteiger partial charge in [-0.3, -0.25) is 4.79 Å². The first kappa shape index (κ1) is 19.2. The van der Waals surface area contributed by atoms with Crippen molar-refractivity contribution in [3.8, 4) is 5.75 Å². The molecular weight excluding hydrogens is 322 g/mol. The molecule has 2 rings (SSSR count). The van der Waals surface area contributed by atoms with Gasteiger partial charge in [0.1, 0.15) is 11.3 Å². The topological polar surface area (TPSA) is 84.9 Å². The second kappa shape index (κ2) is 7.04. The van der Waals surface area contributed by atoms with Crippen molar-refractivity contribution in [2.45, 2.75) is 51.7 Å². The first-order chi connectivity index (χ1) is 11.7. The summed E-state index contributed by atoms with van der Waals surface area (Å²) in [6.07, 6.45) is 0.0785. The molecule has 25 heavy (non-hydrogen) atoms. The number of rotatable bonds is 7. The van der Waals surface area contributed by atoms with Crippen LogP contribution >= 0.6 is 0 Å². The molecule has 6 nitrogen and oxygen atoms in total. The molecule has 3 atom stereocenters. The summed E-state index contributed by atoms with van der Waals surface area (Å²) in [5.74, 6) is -1.10. The summed E-state index contributed by atoms with van der Waals surface area (Å²) in [5.41, 5.74) is -1.20. The number of benzene rings is 1. The zero-order valence-electron chi connectivity index (χ0n) is 15.5. The van der Waals surface area contributed by atoms with Crippen LogP contribution in [0, 0.1) is 5.41 Å². The quantitative estimate of drug-likeness (QED) is 0.790. The zero-order chi connectivity index (χ0) is 18.8. The molecule has 1 aromatic rings. The lowest BCUT2D eigenvalue weighted by Gasteiger charge is -2.58. The molecule has 0 saturated heterocycles. The molecule has 1 aromatic carbocycles. The van der Waals surface area contributed by atoms with Crippen LogP contribution in [-0.2, 0) is 14.3 Å². The van der Waals surface area contributed by atoms with Crippen molar-refractivity contribution in [3.63, 3.8) is 0 Å². The van der Waals surface area contributed by atoms with E-state index in [1.807, 2.05) is 32.9 Å². The highest BCUT2D eigenvalue weighted by Gasteiger charge is 2.66. The minimum Gasteiger partial charge on any atom is -0.497 e. The van der Waals surface area contributed by atoms with Crippen molar-refractivity contribution >= 4 is 11.9 Å². The largest absolute Gasteiger partial charge is 0.497 e. The molecule has 138 valence electrons. The highest BCUT2D eigenvalue weighted by Crippen LogP contribution is 2.51. The van der Waals surface area contributed by atoms with Gasteiger partial charge in [-0.2, -0.15) is 0 Å². The minimum atomic E-state index is -1.31. The van der Waals surface area contributed by atoms with Crippen LogP contribution in [0.2, 0.25) is 0 Å². The van der Waals surface area contributed by atoms with Gasteiger partial charge in [-0.1, -0.05) is 26.0 Å². The maximum atomic E-state index is 12.7. The molecule has 0 radical (unpaired) electrons. The fourth-order valence-corrected chi connectivity index (χ4v) is 3.40. The maximum absolute atomic E-state index is 12.7. The average molecular weight is 349 g/mol. The number of hydrogen-bond donors (Lipinski definition) is 2. The highest BCUT2D eigenvalue weighted by atomic mass is 16.5. The lowest BCUT2D eigenvalue weighted by molar-refractivity contribution is -0.194. The van der Waals surface area contributed by atoms with E-state index in [2.05, 4.69) is 5.32 Å². The smallest absolute Gasteiger partial charge is 0.330 e. The first-order valence-corrected chi connectivity index (χ1v) is 8.50. The van der Waals surface area contributed by atoms with Gasteiger partial charge >= 0.3 is 5.97 Å². The fraction of sp³-hybridized carbons (Fsp3) is 0.579. The van der Waals surface area contributed by atoms with Crippen molar-refractivity contribution in [2.75, 3.05) is 13.7 Å². The summed E-state index contributed by atoms with van der Waals surface area (Å²) in [6.45, 7) is 7.80. The number of carboxylic acids is 1. The number of amides is 1. The van der Waals surface area contributed by atoms with Crippen molar-refractivity contribution in [2.24, 2.45) is 5.41 Å². The van der Waals surface area contributed by atoms with Crippen LogP contribution in [0.5, 0.6) is 5.75 Å². The summed E-state index contributed by atoms with van der Waals surface area (Å²) < 4.78 is 10.7. The maximum Gasteiger partial charge on any atom is 0.330 e. The summed E-state index contributed by atoms with van der Waals surface area (Å²) in [5, 5.41) is 12.6. The van der Waals surface area contributed by atoms with E-state index in [-0.39, 0.29) is 18.4 Å². The van der Waals surface area contributed by atoms with Gasteiger partial charge in [0.15, 0.2) is 0 Å². The van der Waals surface area contributed by atoms with Crippen molar-refractivity contribution in [3.05, 3.63) is 29.8 Å². The first-order valence-electron chi connectivity index (χ1n) is 8.50. The Kier molecular flexibility index (Phi) is 5.42. The van der Waals surface area contributed by atoms with Gasteiger partial charge in [0.05, 0.1) is 19.1 Å². The molecule has 6 heteroatoms. The monoisotopic (exact) mass is 349 g/mol. The average Bonchev–Trinajstić information content (AvgIpc) is 2.59. The van der Waals surface area contributed by atoms with E-state index in [0.717, 1.165) is 5.56 Å². The van der Waals surface area contributed by atoms with Crippen LogP contribution in [0.1, 0.15) is 45.6 Å². The number of carbonyl (C=O) groups excluding carboxylic acids is 1. The van der Waals surface area contributed by atoms with E-state index in [0.29, 0.717) is 12.4 Å². The molecule has 1 amide bonds. The Bertz CT molecular complexity index is 640. The molecule has 0 aliphatic heterocycles. The second-order valence-corrected chi connectivity index (χ2v) is 7.06. The van der Waals surface area contributed by atoms with Crippen LogP contribution in [0.25, 0.3) is 0 Å². The van der Waals surface area contributed by atoms with Crippen LogP contribution in [0.15, 0.2) is 24.3 Å². The molecule has 1 saturated carbocycles. The van der Waals surface area contributed by atoms with Crippen LogP contribution < -0.4 is 10.1 Å². The Morgan fingerprint density at radius 2 is 1.92 bits per heavy atom. The Labute approximate surface area is 148 Å². The Morgan fingerprint density at radius 1 is 1.32 bits per heavy atom. The lowest BCUT2D eigenvalue weighted by atomic mass is 9.54. The van der Waals surface area contributed by atoms with Gasteiger partial charge in [-0.15, -0.1) is 0 Å². The van der Waals surface area contributed by atoms with Crippen LogP contribution in [-0.4, -0.2) is 42.3 Å². The van der Waals surface area contributed by atoms with Gasteiger partial charge in [-0.05, 0) is 31.5 Å². The zero-order valence-corrected chi connectivity index (χ0v) is 15.5. The molecule has 1 aliphatic rings. The van der Waals surface area contributed by atoms with Gasteiger partial charge in [0.25, 0.3) is 0 Å². The molecule has 0 heterocycles. The minimum absolute atomic E-state index is 0.190.